The van der Waals surface area contributed by atoms with Crippen LogP contribution in [0.25, 0.3) is 0 Å². The molecular formula is C27H26FN3O4. The number of carbonyl (C=O) groups is 3. The van der Waals surface area contributed by atoms with Gasteiger partial charge in [0.1, 0.15) is 5.82 Å². The van der Waals surface area contributed by atoms with Gasteiger partial charge in [-0.1, -0.05) is 48.5 Å². The molecule has 7 nitrogen and oxygen atoms in total. The van der Waals surface area contributed by atoms with Gasteiger partial charge in [-0.25, -0.2) is 4.39 Å². The van der Waals surface area contributed by atoms with Gasteiger partial charge in [-0.05, 0) is 34.9 Å². The zero-order valence-corrected chi connectivity index (χ0v) is 19.3. The van der Waals surface area contributed by atoms with Crippen LogP contribution in [0.15, 0.2) is 79.1 Å². The van der Waals surface area contributed by atoms with Crippen molar-refractivity contribution in [2.24, 2.45) is 0 Å². The Hall–Kier alpha value is -3.91. The second-order valence-electron chi connectivity index (χ2n) is 8.79. The van der Waals surface area contributed by atoms with Crippen LogP contribution in [0, 0.1) is 5.82 Å². The van der Waals surface area contributed by atoms with E-state index in [1.54, 1.807) is 54.9 Å². The smallest absolute Gasteiger partial charge is 0.241 e. The molecule has 0 saturated carbocycles. The molecule has 0 spiro atoms. The Bertz CT molecular complexity index is 1220. The van der Waals surface area contributed by atoms with Gasteiger partial charge in [-0.2, -0.15) is 0 Å². The summed E-state index contributed by atoms with van der Waals surface area (Å²) in [5.41, 5.74) is 0.0556. The van der Waals surface area contributed by atoms with Gasteiger partial charge < -0.3 is 10.0 Å². The molecule has 2 aromatic carbocycles. The second kappa shape index (κ2) is 10.1. The minimum absolute atomic E-state index is 0.00358. The summed E-state index contributed by atoms with van der Waals surface area (Å²) in [5.74, 6) is -1.99. The van der Waals surface area contributed by atoms with E-state index in [9.17, 15) is 23.9 Å². The highest BCUT2D eigenvalue weighted by Gasteiger charge is 2.54. The van der Waals surface area contributed by atoms with Crippen LogP contribution in [0.3, 0.4) is 0 Å². The van der Waals surface area contributed by atoms with Crippen molar-refractivity contribution in [2.75, 3.05) is 13.6 Å². The van der Waals surface area contributed by atoms with E-state index in [1.807, 2.05) is 6.07 Å². The Labute approximate surface area is 202 Å². The summed E-state index contributed by atoms with van der Waals surface area (Å²) >= 11 is 0. The summed E-state index contributed by atoms with van der Waals surface area (Å²) in [6.45, 7) is 0.0168. The number of aliphatic hydroxyl groups excluding tert-OH is 1. The SMILES string of the molecule is CN(C[C@H](O)c1ccccc1)C(=O)C[C@]1(c2cccc(F)c2)CC(=O)N(Cc2cccnc2)C1=O. The Morgan fingerprint density at radius 1 is 1.14 bits per heavy atom. The number of nitrogens with zero attached hydrogens (tertiary/aromatic N) is 3. The molecule has 180 valence electrons. The fraction of sp³-hybridized carbons (Fsp3) is 0.259. The average molecular weight is 476 g/mol. The summed E-state index contributed by atoms with van der Waals surface area (Å²) in [6, 6.07) is 17.8. The second-order valence-corrected chi connectivity index (χ2v) is 8.79. The standard InChI is InChI=1S/C27H26FN3O4/c1-30(18-23(32)20-8-3-2-4-9-20)24(33)14-27(21-10-5-11-22(28)13-21)15-25(34)31(26(27)35)17-19-7-6-12-29-16-19/h2-13,16,23,32H,14-15,17-18H2,1H3/t23-,27+/m0/s1. The first kappa shape index (κ1) is 24.2. The molecule has 3 aromatic rings. The lowest BCUT2D eigenvalue weighted by Gasteiger charge is -2.30. The van der Waals surface area contributed by atoms with Crippen LogP contribution >= 0.6 is 0 Å². The fourth-order valence-electron chi connectivity index (χ4n) is 4.42. The number of halogens is 1. The molecule has 1 aliphatic heterocycles. The number of rotatable bonds is 8. The molecule has 1 saturated heterocycles. The van der Waals surface area contributed by atoms with E-state index in [2.05, 4.69) is 4.98 Å². The van der Waals surface area contributed by atoms with Gasteiger partial charge in [0.25, 0.3) is 0 Å². The lowest BCUT2D eigenvalue weighted by molar-refractivity contribution is -0.143. The third kappa shape index (κ3) is 5.12. The molecule has 8 heteroatoms. The maximum Gasteiger partial charge on any atom is 0.241 e. The number of aromatic nitrogens is 1. The fourth-order valence-corrected chi connectivity index (χ4v) is 4.42. The van der Waals surface area contributed by atoms with Crippen molar-refractivity contribution in [3.8, 4) is 0 Å². The third-order valence-electron chi connectivity index (χ3n) is 6.36. The highest BCUT2D eigenvalue weighted by Crippen LogP contribution is 2.41. The Kier molecular flexibility index (Phi) is 7.02. The van der Waals surface area contributed by atoms with Crippen LogP contribution in [0.2, 0.25) is 0 Å². The highest BCUT2D eigenvalue weighted by molar-refractivity contribution is 6.10. The highest BCUT2D eigenvalue weighted by atomic mass is 19.1. The molecular weight excluding hydrogens is 449 g/mol. The molecule has 1 aliphatic rings. The van der Waals surface area contributed by atoms with Crippen molar-refractivity contribution in [1.82, 2.24) is 14.8 Å². The molecule has 35 heavy (non-hydrogen) atoms. The van der Waals surface area contributed by atoms with Crippen molar-refractivity contribution in [3.63, 3.8) is 0 Å². The number of hydrogen-bond donors (Lipinski definition) is 1. The van der Waals surface area contributed by atoms with E-state index in [1.165, 1.54) is 30.1 Å². The molecule has 1 fully saturated rings. The van der Waals surface area contributed by atoms with Crippen molar-refractivity contribution in [3.05, 3.63) is 102 Å². The van der Waals surface area contributed by atoms with Crippen LogP contribution in [-0.4, -0.2) is 51.2 Å². The zero-order chi connectivity index (χ0) is 25.0. The van der Waals surface area contributed by atoms with Crippen LogP contribution in [-0.2, 0) is 26.3 Å². The first-order valence-corrected chi connectivity index (χ1v) is 11.3. The van der Waals surface area contributed by atoms with E-state index in [0.29, 0.717) is 11.1 Å². The molecule has 4 rings (SSSR count). The monoisotopic (exact) mass is 475 g/mol. The van der Waals surface area contributed by atoms with Gasteiger partial charge >= 0.3 is 0 Å². The van der Waals surface area contributed by atoms with Crippen molar-refractivity contribution in [1.29, 1.82) is 0 Å². The Balaban J connectivity index is 1.60. The molecule has 1 aromatic heterocycles. The molecule has 1 N–H and O–H groups in total. The number of carbonyl (C=O) groups excluding carboxylic acids is 3. The summed E-state index contributed by atoms with van der Waals surface area (Å²) in [5, 5.41) is 10.5. The summed E-state index contributed by atoms with van der Waals surface area (Å²) in [7, 11) is 1.53. The molecule has 2 heterocycles. The van der Waals surface area contributed by atoms with Gasteiger partial charge in [-0.15, -0.1) is 0 Å². The number of pyridine rings is 1. The van der Waals surface area contributed by atoms with Gasteiger partial charge in [0.05, 0.1) is 24.6 Å². The van der Waals surface area contributed by atoms with Gasteiger partial charge in [0, 0.05) is 32.3 Å². The first-order chi connectivity index (χ1) is 16.8. The van der Waals surface area contributed by atoms with Crippen molar-refractivity contribution in [2.45, 2.75) is 30.9 Å². The predicted octanol–water partition coefficient (Wildman–Crippen LogP) is 3.00. The number of hydrogen-bond acceptors (Lipinski definition) is 5. The molecule has 3 amide bonds. The average Bonchev–Trinajstić information content (AvgIpc) is 3.10. The van der Waals surface area contributed by atoms with E-state index in [-0.39, 0.29) is 31.5 Å². The normalized spacial score (nSPS) is 18.5. The van der Waals surface area contributed by atoms with Crippen molar-refractivity contribution < 1.29 is 23.9 Å². The molecule has 2 atom stereocenters. The Morgan fingerprint density at radius 3 is 2.60 bits per heavy atom. The van der Waals surface area contributed by atoms with Gasteiger partial charge in [-0.3, -0.25) is 24.3 Å². The number of likely N-dealkylation sites (tertiary alicyclic amines) is 1. The number of aliphatic hydroxyl groups is 1. The Morgan fingerprint density at radius 2 is 1.91 bits per heavy atom. The number of likely N-dealkylation sites (N-methyl/N-ethyl adjacent to an activating group) is 1. The summed E-state index contributed by atoms with van der Waals surface area (Å²) < 4.78 is 14.2. The van der Waals surface area contributed by atoms with E-state index < -0.39 is 35.1 Å². The maximum absolute atomic E-state index is 14.2. The largest absolute Gasteiger partial charge is 0.387 e. The number of benzene rings is 2. The van der Waals surface area contributed by atoms with Crippen LogP contribution in [0.5, 0.6) is 0 Å². The van der Waals surface area contributed by atoms with Crippen LogP contribution in [0.4, 0.5) is 4.39 Å². The van der Waals surface area contributed by atoms with Crippen LogP contribution < -0.4 is 0 Å². The lowest BCUT2D eigenvalue weighted by atomic mass is 9.75. The van der Waals surface area contributed by atoms with Gasteiger partial charge in [0.2, 0.25) is 17.7 Å². The molecule has 0 bridgehead atoms. The first-order valence-electron chi connectivity index (χ1n) is 11.3. The van der Waals surface area contributed by atoms with E-state index in [4.69, 9.17) is 0 Å². The minimum Gasteiger partial charge on any atom is -0.387 e. The maximum atomic E-state index is 14.2. The zero-order valence-electron chi connectivity index (χ0n) is 19.3. The summed E-state index contributed by atoms with van der Waals surface area (Å²) in [6.07, 6.45) is 1.65. The lowest BCUT2D eigenvalue weighted by Crippen LogP contribution is -2.43. The molecule has 0 aliphatic carbocycles. The third-order valence-corrected chi connectivity index (χ3v) is 6.36. The quantitative estimate of drug-likeness (QED) is 0.506. The van der Waals surface area contributed by atoms with Crippen LogP contribution in [0.1, 0.15) is 35.6 Å². The van der Waals surface area contributed by atoms with E-state index >= 15 is 0 Å². The predicted molar refractivity (Wildman–Crippen MR) is 126 cm³/mol. The van der Waals surface area contributed by atoms with Crippen molar-refractivity contribution >= 4 is 17.7 Å². The topological polar surface area (TPSA) is 90.8 Å². The summed E-state index contributed by atoms with van der Waals surface area (Å²) in [4.78, 5) is 46.4. The number of amides is 3. The number of imide groups is 1. The van der Waals surface area contributed by atoms with E-state index in [0.717, 1.165) is 4.90 Å². The molecule has 0 radical (unpaired) electrons. The van der Waals surface area contributed by atoms with Gasteiger partial charge in [0.15, 0.2) is 0 Å². The minimum atomic E-state index is -1.54. The molecule has 0 unspecified atom stereocenters.